The van der Waals surface area contributed by atoms with Gasteiger partial charge in [-0.2, -0.15) is 10.4 Å². The smallest absolute Gasteiger partial charge is 0.411 e. The van der Waals surface area contributed by atoms with Gasteiger partial charge in [0.25, 0.3) is 0 Å². The molecule has 0 radical (unpaired) electrons. The Hall–Kier alpha value is -4.49. The summed E-state index contributed by atoms with van der Waals surface area (Å²) in [5.74, 6) is 0.772. The van der Waals surface area contributed by atoms with E-state index < -0.39 is 6.09 Å². The van der Waals surface area contributed by atoms with Crippen LogP contribution in [0.5, 0.6) is 0 Å². The lowest BCUT2D eigenvalue weighted by Crippen LogP contribution is -2.27. The molecule has 6 rings (SSSR count). The monoisotopic (exact) mass is 481 g/mol. The molecular weight excluding hydrogens is 462 g/mol. The first-order valence-corrected chi connectivity index (χ1v) is 11.9. The molecule has 0 bridgehead atoms. The molecule has 5 aromatic rings. The fourth-order valence-electron chi connectivity index (χ4n) is 4.36. The summed E-state index contributed by atoms with van der Waals surface area (Å²) in [6, 6.07) is 14.7. The van der Waals surface area contributed by atoms with Gasteiger partial charge in [0.1, 0.15) is 23.1 Å². The zero-order chi connectivity index (χ0) is 23.8. The van der Waals surface area contributed by atoms with E-state index in [1.165, 1.54) is 5.56 Å². The molecule has 1 unspecified atom stereocenters. The second-order valence-electron chi connectivity index (χ2n) is 8.29. The molecule has 1 aliphatic carbocycles. The van der Waals surface area contributed by atoms with Gasteiger partial charge in [0.15, 0.2) is 0 Å². The summed E-state index contributed by atoms with van der Waals surface area (Å²) in [6.45, 7) is 0. The zero-order valence-electron chi connectivity index (χ0n) is 18.4. The van der Waals surface area contributed by atoms with Crippen molar-refractivity contribution in [1.82, 2.24) is 20.2 Å². The van der Waals surface area contributed by atoms with Crippen LogP contribution in [0.1, 0.15) is 22.4 Å². The third kappa shape index (κ3) is 4.13. The lowest BCUT2D eigenvalue weighted by atomic mass is 9.94. The van der Waals surface area contributed by atoms with Gasteiger partial charge in [0, 0.05) is 28.1 Å². The van der Waals surface area contributed by atoms with Crippen LogP contribution in [0, 0.1) is 11.3 Å². The number of carbonyl (C=O) groups is 1. The molecule has 172 valence electrons. The maximum atomic E-state index is 12.4. The highest BCUT2D eigenvalue weighted by atomic mass is 32.1. The van der Waals surface area contributed by atoms with Crippen LogP contribution in [0.3, 0.4) is 0 Å². The van der Waals surface area contributed by atoms with Crippen LogP contribution >= 0.6 is 11.3 Å². The minimum atomic E-state index is -0.499. The first-order chi connectivity index (χ1) is 17.2. The van der Waals surface area contributed by atoms with Crippen molar-refractivity contribution >= 4 is 55.7 Å². The summed E-state index contributed by atoms with van der Waals surface area (Å²) in [6.07, 6.45) is 4.77. The molecule has 0 saturated heterocycles. The van der Waals surface area contributed by atoms with Gasteiger partial charge in [-0.1, -0.05) is 0 Å². The number of nitrogens with zero attached hydrogens (tertiary/aromatic N) is 4. The first kappa shape index (κ1) is 21.1. The molecule has 35 heavy (non-hydrogen) atoms. The van der Waals surface area contributed by atoms with Crippen molar-refractivity contribution < 1.29 is 9.53 Å². The lowest BCUT2D eigenvalue weighted by Gasteiger charge is -2.22. The van der Waals surface area contributed by atoms with Crippen LogP contribution in [0.25, 0.3) is 21.1 Å². The fourth-order valence-corrected chi connectivity index (χ4v) is 5.61. The molecule has 0 aliphatic heterocycles. The maximum absolute atomic E-state index is 12.4. The van der Waals surface area contributed by atoms with Crippen molar-refractivity contribution in [2.45, 2.75) is 25.4 Å². The number of aryl methyl sites for hydroxylation is 1. The standard InChI is InChI=1S/C25H19N7O2S/c26-11-14-1-3-16(4-2-14)31-25(33)34-18-6-7-19-21(10-18)35-24-22(19)23(27-13-28-24)30-17-5-8-20-15(9-17)12-29-32-20/h1-5,8-9,12-13,18H,6-7,10H2,(H,29,32)(H,31,33)(H,27,28,30). The molecule has 3 aromatic heterocycles. The molecule has 0 spiro atoms. The van der Waals surface area contributed by atoms with Gasteiger partial charge in [-0.3, -0.25) is 10.4 Å². The summed E-state index contributed by atoms with van der Waals surface area (Å²) in [7, 11) is 0. The number of anilines is 3. The van der Waals surface area contributed by atoms with Crippen LogP contribution in [0.4, 0.5) is 22.0 Å². The third-order valence-electron chi connectivity index (χ3n) is 6.04. The molecule has 0 fully saturated rings. The average molecular weight is 482 g/mol. The number of hydrogen-bond donors (Lipinski definition) is 3. The van der Waals surface area contributed by atoms with Gasteiger partial charge in [0.05, 0.1) is 28.7 Å². The van der Waals surface area contributed by atoms with E-state index in [1.54, 1.807) is 48.1 Å². The largest absolute Gasteiger partial charge is 0.446 e. The van der Waals surface area contributed by atoms with E-state index in [0.717, 1.165) is 50.3 Å². The van der Waals surface area contributed by atoms with Gasteiger partial charge in [0.2, 0.25) is 0 Å². The number of aromatic nitrogens is 4. The highest BCUT2D eigenvalue weighted by Crippen LogP contribution is 2.39. The van der Waals surface area contributed by atoms with Crippen LogP contribution < -0.4 is 10.6 Å². The Labute approximate surface area is 203 Å². The van der Waals surface area contributed by atoms with E-state index in [-0.39, 0.29) is 6.10 Å². The fraction of sp³-hybridized carbons (Fsp3) is 0.160. The Morgan fingerprint density at radius 3 is 2.89 bits per heavy atom. The van der Waals surface area contributed by atoms with Crippen molar-refractivity contribution in [3.63, 3.8) is 0 Å². The Balaban J connectivity index is 1.19. The van der Waals surface area contributed by atoms with Gasteiger partial charge < -0.3 is 10.1 Å². The number of aromatic amines is 1. The topological polar surface area (TPSA) is 129 Å². The predicted octanol–water partition coefficient (Wildman–Crippen LogP) is 5.29. The number of nitrogens with one attached hydrogen (secondary N) is 3. The minimum Gasteiger partial charge on any atom is -0.446 e. The van der Waals surface area contributed by atoms with Gasteiger partial charge in [-0.05, 0) is 60.9 Å². The molecule has 1 aliphatic rings. The van der Waals surface area contributed by atoms with E-state index in [1.807, 2.05) is 18.2 Å². The van der Waals surface area contributed by atoms with Crippen LogP contribution in [-0.4, -0.2) is 32.4 Å². The number of H-pyrrole nitrogens is 1. The highest BCUT2D eigenvalue weighted by molar-refractivity contribution is 7.19. The molecule has 1 amide bonds. The normalized spacial score (nSPS) is 14.9. The lowest BCUT2D eigenvalue weighted by molar-refractivity contribution is 0.103. The number of amides is 1. The molecule has 10 heteroatoms. The van der Waals surface area contributed by atoms with E-state index in [2.05, 4.69) is 36.9 Å². The summed E-state index contributed by atoms with van der Waals surface area (Å²) < 4.78 is 5.69. The van der Waals surface area contributed by atoms with Crippen molar-refractivity contribution in [3.05, 3.63) is 71.0 Å². The number of benzene rings is 2. The summed E-state index contributed by atoms with van der Waals surface area (Å²) in [4.78, 5) is 23.5. The number of ether oxygens (including phenoxy) is 1. The number of hydrogen-bond acceptors (Lipinski definition) is 8. The van der Waals surface area contributed by atoms with Gasteiger partial charge >= 0.3 is 6.09 Å². The quantitative estimate of drug-likeness (QED) is 0.318. The second-order valence-corrected chi connectivity index (χ2v) is 9.37. The Morgan fingerprint density at radius 1 is 1.17 bits per heavy atom. The maximum Gasteiger partial charge on any atom is 0.411 e. The number of rotatable bonds is 4. The molecular formula is C25H19N7O2S. The summed E-state index contributed by atoms with van der Waals surface area (Å²) >= 11 is 1.62. The van der Waals surface area contributed by atoms with Crippen LogP contribution in [-0.2, 0) is 17.6 Å². The van der Waals surface area contributed by atoms with E-state index in [4.69, 9.17) is 10.00 Å². The SMILES string of the molecule is N#Cc1ccc(NC(=O)OC2CCc3c(sc4ncnc(Nc5ccc6[nH]ncc6c5)c34)C2)cc1. The van der Waals surface area contributed by atoms with Gasteiger partial charge in [-0.15, -0.1) is 11.3 Å². The second kappa shape index (κ2) is 8.70. The summed E-state index contributed by atoms with van der Waals surface area (Å²) in [5.41, 5.74) is 4.24. The number of fused-ring (bicyclic) bond motifs is 4. The molecule has 3 N–H and O–H groups in total. The summed E-state index contributed by atoms with van der Waals surface area (Å²) in [5, 5.41) is 24.2. The number of carbonyl (C=O) groups excluding carboxylic acids is 1. The Morgan fingerprint density at radius 2 is 2.03 bits per heavy atom. The zero-order valence-corrected chi connectivity index (χ0v) is 19.2. The van der Waals surface area contributed by atoms with Crippen molar-refractivity contribution in [1.29, 1.82) is 5.26 Å². The van der Waals surface area contributed by atoms with E-state index in [9.17, 15) is 4.79 Å². The number of nitriles is 1. The van der Waals surface area contributed by atoms with Crippen LogP contribution in [0.2, 0.25) is 0 Å². The van der Waals surface area contributed by atoms with Gasteiger partial charge in [-0.25, -0.2) is 14.8 Å². The van der Waals surface area contributed by atoms with Crippen LogP contribution in [0.15, 0.2) is 55.0 Å². The third-order valence-corrected chi connectivity index (χ3v) is 7.20. The Bertz CT molecular complexity index is 1600. The minimum absolute atomic E-state index is 0.221. The van der Waals surface area contributed by atoms with Crippen molar-refractivity contribution in [2.75, 3.05) is 10.6 Å². The Kier molecular flexibility index (Phi) is 5.24. The molecule has 3 heterocycles. The molecule has 9 nitrogen and oxygen atoms in total. The average Bonchev–Trinajstić information content (AvgIpc) is 3.48. The van der Waals surface area contributed by atoms with E-state index >= 15 is 0 Å². The molecule has 0 saturated carbocycles. The number of thiophene rings is 1. The first-order valence-electron chi connectivity index (χ1n) is 11.1. The predicted molar refractivity (Wildman–Crippen MR) is 134 cm³/mol. The highest BCUT2D eigenvalue weighted by Gasteiger charge is 2.27. The molecule has 1 atom stereocenters. The van der Waals surface area contributed by atoms with E-state index in [0.29, 0.717) is 17.7 Å². The van der Waals surface area contributed by atoms with Crippen molar-refractivity contribution in [2.24, 2.45) is 0 Å². The van der Waals surface area contributed by atoms with Crippen molar-refractivity contribution in [3.8, 4) is 6.07 Å². The molecule has 2 aromatic carbocycles.